The lowest BCUT2D eigenvalue weighted by atomic mass is 10.1. The number of hydrogen-bond donors (Lipinski definition) is 2. The van der Waals surface area contributed by atoms with Crippen LogP contribution in [-0.4, -0.2) is 30.2 Å². The summed E-state index contributed by atoms with van der Waals surface area (Å²) in [5.41, 5.74) is 3.37. The average Bonchev–Trinajstić information content (AvgIpc) is 2.90. The van der Waals surface area contributed by atoms with E-state index in [0.29, 0.717) is 22.5 Å². The van der Waals surface area contributed by atoms with Gasteiger partial charge in [0.05, 0.1) is 30.5 Å². The third-order valence-electron chi connectivity index (χ3n) is 5.91. The highest BCUT2D eigenvalue weighted by Gasteiger charge is 2.17. The minimum absolute atomic E-state index is 0.216. The zero-order valence-electron chi connectivity index (χ0n) is 21.0. The van der Waals surface area contributed by atoms with E-state index in [1.807, 2.05) is 49.4 Å². The molecule has 1 heterocycles. The maximum absolute atomic E-state index is 13.5. The van der Waals surface area contributed by atoms with Gasteiger partial charge in [-0.15, -0.1) is 0 Å². The molecule has 190 valence electrons. The van der Waals surface area contributed by atoms with E-state index in [2.05, 4.69) is 10.6 Å². The Kier molecular flexibility index (Phi) is 7.88. The maximum atomic E-state index is 13.5. The number of esters is 1. The van der Waals surface area contributed by atoms with Crippen molar-refractivity contribution in [3.63, 3.8) is 0 Å². The summed E-state index contributed by atoms with van der Waals surface area (Å²) >= 11 is 0. The Hall–Kier alpha value is -4.59. The fourth-order valence-electron chi connectivity index (χ4n) is 4.00. The molecule has 0 saturated heterocycles. The molecule has 2 N–H and O–H groups in total. The fraction of sp³-hybridized carbons (Fsp3) is 0.207. The Morgan fingerprint density at radius 1 is 0.973 bits per heavy atom. The summed E-state index contributed by atoms with van der Waals surface area (Å²) in [6.45, 7) is 3.98. The second-order valence-corrected chi connectivity index (χ2v) is 8.52. The van der Waals surface area contributed by atoms with Crippen LogP contribution < -0.4 is 20.9 Å². The van der Waals surface area contributed by atoms with Gasteiger partial charge in [-0.05, 0) is 61.7 Å². The van der Waals surface area contributed by atoms with Gasteiger partial charge in [0.25, 0.3) is 5.56 Å². The van der Waals surface area contributed by atoms with Gasteiger partial charge in [-0.1, -0.05) is 29.8 Å². The van der Waals surface area contributed by atoms with Crippen LogP contribution in [0.3, 0.4) is 0 Å². The van der Waals surface area contributed by atoms with Gasteiger partial charge in [0, 0.05) is 23.9 Å². The lowest BCUT2D eigenvalue weighted by Gasteiger charge is -2.16. The molecule has 0 radical (unpaired) electrons. The highest BCUT2D eigenvalue weighted by Crippen LogP contribution is 2.22. The summed E-state index contributed by atoms with van der Waals surface area (Å²) in [6.07, 6.45) is 0. The number of benzene rings is 3. The van der Waals surface area contributed by atoms with Crippen molar-refractivity contribution >= 4 is 34.2 Å². The van der Waals surface area contributed by atoms with E-state index in [1.54, 1.807) is 44.4 Å². The number of nitrogens with zero attached hydrogens (tertiary/aromatic N) is 1. The second-order valence-electron chi connectivity index (χ2n) is 8.52. The second kappa shape index (κ2) is 11.4. The number of amides is 1. The number of hydrogen-bond acceptors (Lipinski definition) is 6. The van der Waals surface area contributed by atoms with Gasteiger partial charge in [0.1, 0.15) is 12.3 Å². The summed E-state index contributed by atoms with van der Waals surface area (Å²) in [5.74, 6) is -0.416. The summed E-state index contributed by atoms with van der Waals surface area (Å²) in [4.78, 5) is 39.0. The Balaban J connectivity index is 1.66. The molecule has 4 rings (SSSR count). The van der Waals surface area contributed by atoms with E-state index in [4.69, 9.17) is 9.47 Å². The number of para-hydroxylation sites is 1. The first-order valence-corrected chi connectivity index (χ1v) is 12.0. The smallest absolute Gasteiger partial charge is 0.340 e. The SMILES string of the molecule is CCOC(=O)c1ccccc1NC(=O)Cn1c(=O)c(CNc2ccc(C)cc2)cc2ccc(OC)cc21. The normalized spacial score (nSPS) is 10.7. The number of carbonyl (C=O) groups is 2. The van der Waals surface area contributed by atoms with Crippen LogP contribution >= 0.6 is 0 Å². The summed E-state index contributed by atoms with van der Waals surface area (Å²) in [7, 11) is 1.54. The fourth-order valence-corrected chi connectivity index (χ4v) is 4.00. The molecule has 8 nitrogen and oxygen atoms in total. The number of pyridine rings is 1. The Morgan fingerprint density at radius 3 is 2.46 bits per heavy atom. The molecule has 0 fully saturated rings. The van der Waals surface area contributed by atoms with E-state index in [1.165, 1.54) is 4.57 Å². The number of anilines is 2. The van der Waals surface area contributed by atoms with Crippen LogP contribution in [0.5, 0.6) is 5.75 Å². The molecule has 0 unspecified atom stereocenters. The van der Waals surface area contributed by atoms with Crippen LogP contribution in [0, 0.1) is 6.92 Å². The predicted octanol–water partition coefficient (Wildman–Crippen LogP) is 4.75. The van der Waals surface area contributed by atoms with Gasteiger partial charge in [-0.2, -0.15) is 0 Å². The number of carbonyl (C=O) groups excluding carboxylic acids is 2. The molecule has 8 heteroatoms. The lowest BCUT2D eigenvalue weighted by Crippen LogP contribution is -2.31. The molecule has 0 aliphatic rings. The molecule has 0 aliphatic carbocycles. The summed E-state index contributed by atoms with van der Waals surface area (Å²) in [5, 5.41) is 6.83. The van der Waals surface area contributed by atoms with Gasteiger partial charge < -0.3 is 20.1 Å². The minimum atomic E-state index is -0.532. The van der Waals surface area contributed by atoms with E-state index in [0.717, 1.165) is 16.6 Å². The third-order valence-corrected chi connectivity index (χ3v) is 5.91. The lowest BCUT2D eigenvalue weighted by molar-refractivity contribution is -0.116. The summed E-state index contributed by atoms with van der Waals surface area (Å²) in [6, 6.07) is 21.7. The number of ether oxygens (including phenoxy) is 2. The Morgan fingerprint density at radius 2 is 1.73 bits per heavy atom. The van der Waals surface area contributed by atoms with Crippen LogP contribution in [0.2, 0.25) is 0 Å². The number of aryl methyl sites for hydroxylation is 1. The number of methoxy groups -OCH3 is 1. The first-order valence-electron chi connectivity index (χ1n) is 12.0. The molecule has 0 aliphatic heterocycles. The van der Waals surface area contributed by atoms with Crippen molar-refractivity contribution in [2.75, 3.05) is 24.4 Å². The van der Waals surface area contributed by atoms with Crippen LogP contribution in [0.1, 0.15) is 28.4 Å². The van der Waals surface area contributed by atoms with Crippen LogP contribution in [-0.2, 0) is 22.6 Å². The van der Waals surface area contributed by atoms with Crippen molar-refractivity contribution in [2.45, 2.75) is 26.9 Å². The number of rotatable bonds is 9. The summed E-state index contributed by atoms with van der Waals surface area (Å²) < 4.78 is 11.9. The average molecular weight is 500 g/mol. The van der Waals surface area contributed by atoms with Gasteiger partial charge in [-0.3, -0.25) is 14.2 Å². The molecule has 0 bridgehead atoms. The highest BCUT2D eigenvalue weighted by molar-refractivity contribution is 6.01. The van der Waals surface area contributed by atoms with E-state index in [-0.39, 0.29) is 30.8 Å². The third kappa shape index (κ3) is 5.98. The standard InChI is InChI=1S/C29H29N3O5/c1-4-37-29(35)24-7-5-6-8-25(24)31-27(33)18-32-26-16-23(36-3)14-11-20(26)15-21(28(32)34)17-30-22-12-9-19(2)10-13-22/h5-16,30H,4,17-18H2,1-3H3,(H,31,33). The van der Waals surface area contributed by atoms with Crippen molar-refractivity contribution in [2.24, 2.45) is 0 Å². The van der Waals surface area contributed by atoms with Crippen molar-refractivity contribution in [1.82, 2.24) is 4.57 Å². The number of fused-ring (bicyclic) bond motifs is 1. The zero-order chi connectivity index (χ0) is 26.4. The molecule has 1 aromatic heterocycles. The van der Waals surface area contributed by atoms with Crippen molar-refractivity contribution < 1.29 is 19.1 Å². The van der Waals surface area contributed by atoms with Gasteiger partial charge in [0.15, 0.2) is 0 Å². The van der Waals surface area contributed by atoms with Crippen molar-refractivity contribution in [1.29, 1.82) is 0 Å². The monoisotopic (exact) mass is 499 g/mol. The van der Waals surface area contributed by atoms with Crippen LogP contribution in [0.25, 0.3) is 10.9 Å². The minimum Gasteiger partial charge on any atom is -0.497 e. The number of aromatic nitrogens is 1. The van der Waals surface area contributed by atoms with Gasteiger partial charge in [-0.25, -0.2) is 4.79 Å². The molecular formula is C29H29N3O5. The molecule has 0 atom stereocenters. The largest absolute Gasteiger partial charge is 0.497 e. The van der Waals surface area contributed by atoms with Gasteiger partial charge >= 0.3 is 5.97 Å². The molecule has 37 heavy (non-hydrogen) atoms. The highest BCUT2D eigenvalue weighted by atomic mass is 16.5. The first kappa shape index (κ1) is 25.5. The Labute approximate surface area is 214 Å². The quantitative estimate of drug-likeness (QED) is 0.323. The zero-order valence-corrected chi connectivity index (χ0v) is 21.0. The van der Waals surface area contributed by atoms with Crippen molar-refractivity contribution in [3.8, 4) is 5.75 Å². The predicted molar refractivity (Wildman–Crippen MR) is 144 cm³/mol. The van der Waals surface area contributed by atoms with E-state index >= 15 is 0 Å². The van der Waals surface area contributed by atoms with Crippen LogP contribution in [0.15, 0.2) is 77.6 Å². The molecule has 1 amide bonds. The van der Waals surface area contributed by atoms with Crippen LogP contribution in [0.4, 0.5) is 11.4 Å². The first-order chi connectivity index (χ1) is 17.9. The van der Waals surface area contributed by atoms with E-state index < -0.39 is 11.9 Å². The Bertz CT molecular complexity index is 1490. The molecule has 0 saturated carbocycles. The topological polar surface area (TPSA) is 98.7 Å². The molecule has 0 spiro atoms. The molecule has 3 aromatic carbocycles. The number of nitrogens with one attached hydrogen (secondary N) is 2. The maximum Gasteiger partial charge on any atom is 0.340 e. The molecule has 4 aromatic rings. The van der Waals surface area contributed by atoms with E-state index in [9.17, 15) is 14.4 Å². The molecular weight excluding hydrogens is 470 g/mol. The van der Waals surface area contributed by atoms with Gasteiger partial charge in [0.2, 0.25) is 5.91 Å². The van der Waals surface area contributed by atoms with Crippen molar-refractivity contribution in [3.05, 3.63) is 99.8 Å².